The second-order valence-corrected chi connectivity index (χ2v) is 5.08. The van der Waals surface area contributed by atoms with Crippen molar-refractivity contribution in [2.75, 3.05) is 0 Å². The minimum atomic E-state index is -0.262. The van der Waals surface area contributed by atoms with Crippen molar-refractivity contribution in [3.63, 3.8) is 0 Å². The molecule has 0 radical (unpaired) electrons. The zero-order chi connectivity index (χ0) is 10.8. The lowest BCUT2D eigenvalue weighted by molar-refractivity contribution is 0.188. The van der Waals surface area contributed by atoms with Gasteiger partial charge in [-0.1, -0.05) is 11.8 Å². The number of hydrogen-bond donors (Lipinski definition) is 2. The molecule has 1 aliphatic carbocycles. The smallest absolute Gasteiger partial charge is 0.254 e. The molecule has 2 rings (SSSR count). The third-order valence-electron chi connectivity index (χ3n) is 2.63. The first-order valence-corrected chi connectivity index (χ1v) is 5.95. The number of aliphatic hydroxyl groups is 1. The van der Waals surface area contributed by atoms with Gasteiger partial charge in [-0.3, -0.25) is 4.79 Å². The maximum absolute atomic E-state index is 11.3. The number of nitrogens with one attached hydrogen (secondary N) is 1. The van der Waals surface area contributed by atoms with Crippen molar-refractivity contribution in [1.29, 1.82) is 0 Å². The van der Waals surface area contributed by atoms with E-state index in [2.05, 4.69) is 9.97 Å². The molecule has 4 nitrogen and oxygen atoms in total. The van der Waals surface area contributed by atoms with Gasteiger partial charge in [0.25, 0.3) is 5.56 Å². The molecule has 82 valence electrons. The Hall–Kier alpha value is -0.810. The Morgan fingerprint density at radius 1 is 1.60 bits per heavy atom. The average Bonchev–Trinajstić information content (AvgIpc) is 2.59. The fraction of sp³-hybridized carbons (Fsp3) is 0.600. The second kappa shape index (κ2) is 4.37. The SMILES string of the molecule is Cc1cnc(S[C@@H]2CCC[C@H]2O)[nH]c1=O. The van der Waals surface area contributed by atoms with Crippen molar-refractivity contribution in [2.24, 2.45) is 0 Å². The molecule has 0 saturated heterocycles. The maximum atomic E-state index is 11.3. The minimum absolute atomic E-state index is 0.0972. The minimum Gasteiger partial charge on any atom is -0.392 e. The van der Waals surface area contributed by atoms with Gasteiger partial charge in [-0.05, 0) is 26.2 Å². The molecule has 0 aliphatic heterocycles. The molecule has 15 heavy (non-hydrogen) atoms. The van der Waals surface area contributed by atoms with Crippen molar-refractivity contribution in [1.82, 2.24) is 9.97 Å². The van der Waals surface area contributed by atoms with E-state index in [0.717, 1.165) is 19.3 Å². The normalized spacial score (nSPS) is 25.7. The zero-order valence-corrected chi connectivity index (χ0v) is 9.38. The zero-order valence-electron chi connectivity index (χ0n) is 8.56. The Bertz CT molecular complexity index is 405. The lowest BCUT2D eigenvalue weighted by Crippen LogP contribution is -2.17. The van der Waals surface area contributed by atoms with E-state index in [1.165, 1.54) is 11.8 Å². The van der Waals surface area contributed by atoms with E-state index in [1.807, 2.05) is 0 Å². The van der Waals surface area contributed by atoms with E-state index in [-0.39, 0.29) is 16.9 Å². The number of aryl methyl sites for hydroxylation is 1. The van der Waals surface area contributed by atoms with Gasteiger partial charge >= 0.3 is 0 Å². The number of aromatic amines is 1. The van der Waals surface area contributed by atoms with Crippen LogP contribution in [0.4, 0.5) is 0 Å². The third-order valence-corrected chi connectivity index (χ3v) is 3.92. The van der Waals surface area contributed by atoms with Gasteiger partial charge in [-0.2, -0.15) is 0 Å². The Balaban J connectivity index is 2.10. The van der Waals surface area contributed by atoms with Gasteiger partial charge in [0.2, 0.25) is 0 Å². The molecule has 0 amide bonds. The molecule has 0 bridgehead atoms. The van der Waals surface area contributed by atoms with E-state index in [1.54, 1.807) is 13.1 Å². The van der Waals surface area contributed by atoms with E-state index in [0.29, 0.717) is 10.7 Å². The van der Waals surface area contributed by atoms with Crippen LogP contribution in [0, 0.1) is 6.92 Å². The highest BCUT2D eigenvalue weighted by molar-refractivity contribution is 7.99. The summed E-state index contributed by atoms with van der Waals surface area (Å²) in [5.74, 6) is 0. The molecule has 0 unspecified atom stereocenters. The molecular weight excluding hydrogens is 212 g/mol. The number of H-pyrrole nitrogens is 1. The van der Waals surface area contributed by atoms with Crippen LogP contribution in [0.3, 0.4) is 0 Å². The van der Waals surface area contributed by atoms with Crippen LogP contribution >= 0.6 is 11.8 Å². The molecule has 2 atom stereocenters. The van der Waals surface area contributed by atoms with Gasteiger partial charge in [0.15, 0.2) is 5.16 Å². The molecule has 1 aromatic heterocycles. The van der Waals surface area contributed by atoms with Gasteiger partial charge in [-0.25, -0.2) is 4.98 Å². The molecule has 1 heterocycles. The highest BCUT2D eigenvalue weighted by Crippen LogP contribution is 2.32. The summed E-state index contributed by atoms with van der Waals surface area (Å²) in [5.41, 5.74) is 0.520. The first-order chi connectivity index (χ1) is 7.16. The summed E-state index contributed by atoms with van der Waals surface area (Å²) in [6.07, 6.45) is 4.20. The molecule has 5 heteroatoms. The number of aromatic nitrogens is 2. The number of hydrogen-bond acceptors (Lipinski definition) is 4. The second-order valence-electron chi connectivity index (χ2n) is 3.86. The lowest BCUT2D eigenvalue weighted by Gasteiger charge is -2.12. The fourth-order valence-electron chi connectivity index (χ4n) is 1.69. The molecule has 1 aromatic rings. The van der Waals surface area contributed by atoms with Crippen LogP contribution in [0.15, 0.2) is 16.1 Å². The van der Waals surface area contributed by atoms with E-state index >= 15 is 0 Å². The first-order valence-electron chi connectivity index (χ1n) is 5.07. The van der Waals surface area contributed by atoms with Crippen LogP contribution in [0.25, 0.3) is 0 Å². The van der Waals surface area contributed by atoms with E-state index in [9.17, 15) is 9.90 Å². The molecule has 1 fully saturated rings. The number of rotatable bonds is 2. The maximum Gasteiger partial charge on any atom is 0.254 e. The summed E-state index contributed by atoms with van der Waals surface area (Å²) in [6.45, 7) is 1.73. The lowest BCUT2D eigenvalue weighted by atomic mass is 10.3. The predicted molar refractivity (Wildman–Crippen MR) is 59.1 cm³/mol. The Morgan fingerprint density at radius 3 is 3.00 bits per heavy atom. The van der Waals surface area contributed by atoms with Gasteiger partial charge < -0.3 is 10.1 Å². The largest absolute Gasteiger partial charge is 0.392 e. The molecule has 0 aromatic carbocycles. The summed E-state index contributed by atoms with van der Waals surface area (Å²) in [7, 11) is 0. The van der Waals surface area contributed by atoms with E-state index in [4.69, 9.17) is 0 Å². The van der Waals surface area contributed by atoms with Gasteiger partial charge in [0, 0.05) is 17.0 Å². The standard InChI is InChI=1S/C10H14N2O2S/c1-6-5-11-10(12-9(6)14)15-8-4-2-3-7(8)13/h5,7-8,13H,2-4H2,1H3,(H,11,12,14)/t7-,8-/m1/s1. The summed E-state index contributed by atoms with van der Waals surface area (Å²) >= 11 is 1.47. The molecule has 0 spiro atoms. The highest BCUT2D eigenvalue weighted by Gasteiger charge is 2.26. The molecule has 2 N–H and O–H groups in total. The van der Waals surface area contributed by atoms with Crippen molar-refractivity contribution >= 4 is 11.8 Å². The van der Waals surface area contributed by atoms with Crippen molar-refractivity contribution < 1.29 is 5.11 Å². The van der Waals surface area contributed by atoms with Gasteiger partial charge in [0.1, 0.15) is 0 Å². The summed E-state index contributed by atoms with van der Waals surface area (Å²) < 4.78 is 0. The van der Waals surface area contributed by atoms with Gasteiger partial charge in [0.05, 0.1) is 6.10 Å². The summed E-state index contributed by atoms with van der Waals surface area (Å²) in [5, 5.41) is 10.4. The fourth-order valence-corrected chi connectivity index (χ4v) is 2.82. The Morgan fingerprint density at radius 2 is 2.40 bits per heavy atom. The quantitative estimate of drug-likeness (QED) is 0.741. The van der Waals surface area contributed by atoms with Crippen LogP contribution in [-0.4, -0.2) is 26.4 Å². The molecule has 1 saturated carbocycles. The van der Waals surface area contributed by atoms with Crippen molar-refractivity contribution in [3.05, 3.63) is 22.1 Å². The van der Waals surface area contributed by atoms with Crippen LogP contribution in [0.5, 0.6) is 0 Å². The molecular formula is C10H14N2O2S. The topological polar surface area (TPSA) is 66.0 Å². The van der Waals surface area contributed by atoms with Crippen LogP contribution in [-0.2, 0) is 0 Å². The highest BCUT2D eigenvalue weighted by atomic mass is 32.2. The average molecular weight is 226 g/mol. The predicted octanol–water partition coefficient (Wildman–Crippen LogP) is 1.08. The van der Waals surface area contributed by atoms with Crippen LogP contribution in [0.1, 0.15) is 24.8 Å². The first kappa shape index (κ1) is 10.7. The van der Waals surface area contributed by atoms with Crippen LogP contribution in [0.2, 0.25) is 0 Å². The third kappa shape index (κ3) is 2.41. The van der Waals surface area contributed by atoms with Gasteiger partial charge in [-0.15, -0.1) is 0 Å². The number of thioether (sulfide) groups is 1. The Labute approximate surface area is 92.1 Å². The monoisotopic (exact) mass is 226 g/mol. The summed E-state index contributed by atoms with van der Waals surface area (Å²) in [4.78, 5) is 18.2. The van der Waals surface area contributed by atoms with Crippen molar-refractivity contribution in [3.8, 4) is 0 Å². The molecule has 1 aliphatic rings. The van der Waals surface area contributed by atoms with Crippen molar-refractivity contribution in [2.45, 2.75) is 42.7 Å². The van der Waals surface area contributed by atoms with E-state index < -0.39 is 0 Å². The Kier molecular flexibility index (Phi) is 3.11. The number of aliphatic hydroxyl groups excluding tert-OH is 1. The summed E-state index contributed by atoms with van der Waals surface area (Å²) in [6, 6.07) is 0. The van der Waals surface area contributed by atoms with Crippen LogP contribution < -0.4 is 5.56 Å². The number of nitrogens with zero attached hydrogens (tertiary/aromatic N) is 1.